The van der Waals surface area contributed by atoms with Crippen LogP contribution >= 0.6 is 11.3 Å². The molecule has 7 heteroatoms. The summed E-state index contributed by atoms with van der Waals surface area (Å²) in [7, 11) is 4.32. The fraction of sp³-hybridized carbons (Fsp3) is 0.684. The molecular formula is C19H27BN3O2S. The first-order valence-electron chi connectivity index (χ1n) is 9.76. The van der Waals surface area contributed by atoms with E-state index in [2.05, 4.69) is 36.1 Å². The molecule has 139 valence electrons. The van der Waals surface area contributed by atoms with Gasteiger partial charge in [0.15, 0.2) is 0 Å². The van der Waals surface area contributed by atoms with E-state index in [1.165, 1.54) is 10.4 Å². The molecule has 1 unspecified atom stereocenters. The highest BCUT2D eigenvalue weighted by Crippen LogP contribution is 2.47. The fourth-order valence-electron chi connectivity index (χ4n) is 4.51. The van der Waals surface area contributed by atoms with Crippen molar-refractivity contribution in [2.24, 2.45) is 0 Å². The van der Waals surface area contributed by atoms with E-state index < -0.39 is 0 Å². The van der Waals surface area contributed by atoms with Gasteiger partial charge in [0.1, 0.15) is 17.3 Å². The first-order valence-corrected chi connectivity index (χ1v) is 10.6. The Morgan fingerprint density at radius 1 is 1.27 bits per heavy atom. The van der Waals surface area contributed by atoms with Crippen LogP contribution in [0.4, 0.5) is 0 Å². The number of nitrogens with zero attached hydrogens (tertiary/aromatic N) is 3. The van der Waals surface area contributed by atoms with Gasteiger partial charge in [-0.3, -0.25) is 0 Å². The normalized spacial score (nSPS) is 25.6. The molecule has 2 aromatic heterocycles. The fourth-order valence-corrected chi connectivity index (χ4v) is 5.74. The first kappa shape index (κ1) is 18.2. The van der Waals surface area contributed by atoms with E-state index >= 15 is 0 Å². The standard InChI is InChI=1S/C19H27BN3O2S/c1-20-23(2)13-4-6-14(7-5-13)25-18-17-16-12(9-10-24)3-8-15(16)26-19(17)22-11-21-18/h11-14,24H,3-10H2,1-2H3. The highest BCUT2D eigenvalue weighted by molar-refractivity contribution is 7.19. The zero-order valence-electron chi connectivity index (χ0n) is 15.6. The molecule has 1 N–H and O–H groups in total. The Kier molecular flexibility index (Phi) is 5.48. The molecule has 1 atom stereocenters. The monoisotopic (exact) mass is 372 g/mol. The number of aryl methyl sites for hydroxylation is 1. The van der Waals surface area contributed by atoms with Crippen molar-refractivity contribution in [3.63, 3.8) is 0 Å². The molecule has 0 bridgehead atoms. The van der Waals surface area contributed by atoms with Gasteiger partial charge in [0.25, 0.3) is 0 Å². The van der Waals surface area contributed by atoms with E-state index in [0.29, 0.717) is 12.0 Å². The maximum Gasteiger partial charge on any atom is 0.225 e. The second-order valence-electron chi connectivity index (χ2n) is 7.52. The van der Waals surface area contributed by atoms with Gasteiger partial charge in [-0.1, -0.05) is 6.82 Å². The van der Waals surface area contributed by atoms with Gasteiger partial charge >= 0.3 is 0 Å². The Labute approximate surface area is 160 Å². The Bertz CT molecular complexity index is 761. The number of aliphatic hydroxyl groups is 1. The molecule has 1 radical (unpaired) electrons. The van der Waals surface area contributed by atoms with E-state index in [9.17, 15) is 5.11 Å². The molecule has 26 heavy (non-hydrogen) atoms. The maximum atomic E-state index is 9.42. The molecule has 2 aliphatic carbocycles. The number of aromatic nitrogens is 2. The molecule has 2 aromatic rings. The van der Waals surface area contributed by atoms with Crippen molar-refractivity contribution in [1.29, 1.82) is 0 Å². The van der Waals surface area contributed by atoms with Crippen LogP contribution in [0.5, 0.6) is 5.88 Å². The average Bonchev–Trinajstić information content (AvgIpc) is 3.22. The van der Waals surface area contributed by atoms with Crippen molar-refractivity contribution in [2.75, 3.05) is 13.7 Å². The van der Waals surface area contributed by atoms with Crippen molar-refractivity contribution in [3.8, 4) is 5.88 Å². The summed E-state index contributed by atoms with van der Waals surface area (Å²) < 4.78 is 6.40. The summed E-state index contributed by atoms with van der Waals surface area (Å²) in [6, 6.07) is 0.629. The maximum absolute atomic E-state index is 9.42. The van der Waals surface area contributed by atoms with Crippen molar-refractivity contribution >= 4 is 29.0 Å². The van der Waals surface area contributed by atoms with Gasteiger partial charge in [-0.2, -0.15) is 0 Å². The third-order valence-electron chi connectivity index (χ3n) is 6.08. The van der Waals surface area contributed by atoms with E-state index in [-0.39, 0.29) is 12.7 Å². The van der Waals surface area contributed by atoms with Gasteiger partial charge in [0, 0.05) is 11.5 Å². The Morgan fingerprint density at radius 3 is 2.81 bits per heavy atom. The highest BCUT2D eigenvalue weighted by Gasteiger charge is 2.31. The quantitative estimate of drug-likeness (QED) is 0.788. The topological polar surface area (TPSA) is 58.5 Å². The minimum Gasteiger partial charge on any atom is -0.474 e. The van der Waals surface area contributed by atoms with Crippen LogP contribution in [0.1, 0.15) is 54.9 Å². The molecule has 0 amide bonds. The minimum atomic E-state index is 0.233. The molecular weight excluding hydrogens is 345 g/mol. The summed E-state index contributed by atoms with van der Waals surface area (Å²) >= 11 is 1.78. The number of thiophene rings is 1. The summed E-state index contributed by atoms with van der Waals surface area (Å²) in [6.45, 7) is 2.33. The lowest BCUT2D eigenvalue weighted by Gasteiger charge is -2.34. The molecule has 5 nitrogen and oxygen atoms in total. The van der Waals surface area contributed by atoms with Crippen LogP contribution in [0.2, 0.25) is 6.82 Å². The molecule has 0 aliphatic heterocycles. The Hall–Kier alpha value is -1.18. The lowest BCUT2D eigenvalue weighted by Crippen LogP contribution is -2.38. The largest absolute Gasteiger partial charge is 0.474 e. The van der Waals surface area contributed by atoms with E-state index in [1.807, 2.05) is 0 Å². The van der Waals surface area contributed by atoms with Crippen molar-refractivity contribution < 1.29 is 9.84 Å². The zero-order valence-corrected chi connectivity index (χ0v) is 16.5. The zero-order chi connectivity index (χ0) is 18.1. The minimum absolute atomic E-state index is 0.233. The van der Waals surface area contributed by atoms with Crippen LogP contribution in [-0.2, 0) is 6.42 Å². The summed E-state index contributed by atoms with van der Waals surface area (Å²) in [5.41, 5.74) is 1.35. The molecule has 0 saturated heterocycles. The smallest absolute Gasteiger partial charge is 0.225 e. The molecule has 2 aliphatic rings. The Morgan fingerprint density at radius 2 is 2.08 bits per heavy atom. The van der Waals surface area contributed by atoms with Gasteiger partial charge in [0.2, 0.25) is 13.3 Å². The highest BCUT2D eigenvalue weighted by atomic mass is 32.1. The van der Waals surface area contributed by atoms with Gasteiger partial charge < -0.3 is 14.7 Å². The van der Waals surface area contributed by atoms with Crippen LogP contribution < -0.4 is 4.74 Å². The molecule has 0 spiro atoms. The third kappa shape index (κ3) is 3.37. The number of ether oxygens (including phenoxy) is 1. The SMILES string of the molecule is C[B]N(C)C1CCC(Oc2ncnc3sc4c(c23)C(CCO)CC4)CC1. The summed E-state index contributed by atoms with van der Waals surface area (Å²) in [5, 5.41) is 10.5. The van der Waals surface area contributed by atoms with Crippen LogP contribution in [-0.4, -0.2) is 53.1 Å². The number of aliphatic hydroxyl groups excluding tert-OH is 1. The molecule has 2 heterocycles. The van der Waals surface area contributed by atoms with E-state index in [1.54, 1.807) is 17.7 Å². The predicted octanol–water partition coefficient (Wildman–Crippen LogP) is 3.39. The number of rotatable bonds is 6. The van der Waals surface area contributed by atoms with E-state index in [4.69, 9.17) is 4.74 Å². The molecule has 1 fully saturated rings. The van der Waals surface area contributed by atoms with E-state index in [0.717, 1.165) is 61.0 Å². The van der Waals surface area contributed by atoms with Crippen LogP contribution in [0, 0.1) is 0 Å². The van der Waals surface area contributed by atoms with Crippen LogP contribution in [0.3, 0.4) is 0 Å². The van der Waals surface area contributed by atoms with Crippen molar-refractivity contribution in [1.82, 2.24) is 14.8 Å². The lowest BCUT2D eigenvalue weighted by molar-refractivity contribution is 0.122. The summed E-state index contributed by atoms with van der Waals surface area (Å²) in [6.07, 6.45) is 9.36. The van der Waals surface area contributed by atoms with Gasteiger partial charge in [0.05, 0.1) is 5.39 Å². The average molecular weight is 372 g/mol. The molecule has 0 aromatic carbocycles. The number of fused-ring (bicyclic) bond motifs is 3. The number of hydrogen-bond acceptors (Lipinski definition) is 6. The summed E-state index contributed by atoms with van der Waals surface area (Å²) in [4.78, 5) is 13.8. The second kappa shape index (κ2) is 7.83. The van der Waals surface area contributed by atoms with Crippen LogP contribution in [0.15, 0.2) is 6.33 Å². The lowest BCUT2D eigenvalue weighted by atomic mass is 9.85. The Balaban J connectivity index is 1.54. The second-order valence-corrected chi connectivity index (χ2v) is 8.60. The summed E-state index contributed by atoms with van der Waals surface area (Å²) in [5.74, 6) is 1.18. The molecule has 1 saturated carbocycles. The predicted molar refractivity (Wildman–Crippen MR) is 106 cm³/mol. The van der Waals surface area contributed by atoms with Crippen LogP contribution in [0.25, 0.3) is 10.2 Å². The third-order valence-corrected chi connectivity index (χ3v) is 7.25. The van der Waals surface area contributed by atoms with Crippen molar-refractivity contribution in [3.05, 3.63) is 16.8 Å². The first-order chi connectivity index (χ1) is 12.7. The molecule has 4 rings (SSSR count). The van der Waals surface area contributed by atoms with Gasteiger partial charge in [-0.15, -0.1) is 11.3 Å². The number of hydrogen-bond donors (Lipinski definition) is 1. The van der Waals surface area contributed by atoms with Gasteiger partial charge in [-0.05, 0) is 69.5 Å². The van der Waals surface area contributed by atoms with Gasteiger partial charge in [-0.25, -0.2) is 9.97 Å². The van der Waals surface area contributed by atoms with Crippen molar-refractivity contribution in [2.45, 2.75) is 69.8 Å².